The second-order valence-electron chi connectivity index (χ2n) is 6.52. The first-order valence-corrected chi connectivity index (χ1v) is 10.2. The van der Waals surface area contributed by atoms with E-state index in [1.807, 2.05) is 0 Å². The molecule has 0 radical (unpaired) electrons. The molecule has 3 N–H and O–H groups in total. The van der Waals surface area contributed by atoms with Crippen molar-refractivity contribution in [2.24, 2.45) is 0 Å². The van der Waals surface area contributed by atoms with Crippen LogP contribution >= 0.6 is 0 Å². The molecule has 160 valence electrons. The van der Waals surface area contributed by atoms with Crippen molar-refractivity contribution in [2.75, 3.05) is 22.8 Å². The van der Waals surface area contributed by atoms with E-state index < -0.39 is 23.0 Å². The Labute approximate surface area is 179 Å². The van der Waals surface area contributed by atoms with Crippen LogP contribution in [0.2, 0.25) is 0 Å². The highest BCUT2D eigenvalue weighted by Crippen LogP contribution is 2.37. The third kappa shape index (κ3) is 4.44. The van der Waals surface area contributed by atoms with Crippen LogP contribution in [0, 0.1) is 5.82 Å². The predicted molar refractivity (Wildman–Crippen MR) is 113 cm³/mol. The number of amides is 1. The van der Waals surface area contributed by atoms with E-state index in [-0.39, 0.29) is 22.8 Å². The summed E-state index contributed by atoms with van der Waals surface area (Å²) in [7, 11) is 0. The number of fused-ring (bicyclic) bond motifs is 1. The maximum Gasteiger partial charge on any atom is 0.266 e. The van der Waals surface area contributed by atoms with E-state index in [9.17, 15) is 23.1 Å². The summed E-state index contributed by atoms with van der Waals surface area (Å²) in [6.45, 7) is 0.822. The van der Waals surface area contributed by atoms with Gasteiger partial charge in [-0.15, -0.1) is 0 Å². The second-order valence-corrected chi connectivity index (χ2v) is 7.34. The largest absolute Gasteiger partial charge is 0.506 e. The first-order valence-electron chi connectivity index (χ1n) is 9.13. The molecule has 1 aliphatic heterocycles. The van der Waals surface area contributed by atoms with Gasteiger partial charge in [0, 0.05) is 11.3 Å². The summed E-state index contributed by atoms with van der Waals surface area (Å²) < 4.78 is 46.8. The first kappa shape index (κ1) is 20.6. The van der Waals surface area contributed by atoms with Crippen molar-refractivity contribution in [3.63, 3.8) is 0 Å². The van der Waals surface area contributed by atoms with Gasteiger partial charge >= 0.3 is 0 Å². The lowest BCUT2D eigenvalue weighted by Crippen LogP contribution is -2.20. The lowest BCUT2D eigenvalue weighted by Gasteiger charge is -2.22. The fourth-order valence-electron chi connectivity index (χ4n) is 3.04. The molecule has 1 atom stereocenters. The van der Waals surface area contributed by atoms with Crippen LogP contribution in [-0.4, -0.2) is 33.0 Å². The van der Waals surface area contributed by atoms with Crippen molar-refractivity contribution in [2.45, 2.75) is 0 Å². The normalized spacial score (nSPS) is 13.4. The van der Waals surface area contributed by atoms with Crippen LogP contribution in [0.1, 0.15) is 10.4 Å². The minimum absolute atomic E-state index is 0.0487. The van der Waals surface area contributed by atoms with Gasteiger partial charge in [-0.05, 0) is 60.7 Å². The number of carbonyl (C=O) groups excluding carboxylic acids is 1. The highest BCUT2D eigenvalue weighted by atomic mass is 32.2. The number of phenolic OH excluding ortho intramolecular Hbond substituents is 1. The van der Waals surface area contributed by atoms with E-state index in [2.05, 4.69) is 5.32 Å². The van der Waals surface area contributed by atoms with Crippen molar-refractivity contribution in [3.05, 3.63) is 72.0 Å². The van der Waals surface area contributed by atoms with Gasteiger partial charge in [-0.1, -0.05) is 0 Å². The van der Waals surface area contributed by atoms with Crippen LogP contribution in [0.5, 0.6) is 17.2 Å². The molecule has 0 spiro atoms. The highest BCUT2D eigenvalue weighted by Gasteiger charge is 2.21. The molecule has 0 aliphatic carbocycles. The lowest BCUT2D eigenvalue weighted by atomic mass is 10.1. The number of nitrogens with zero attached hydrogens (tertiary/aromatic N) is 1. The van der Waals surface area contributed by atoms with Crippen LogP contribution in [0.3, 0.4) is 0 Å². The van der Waals surface area contributed by atoms with E-state index >= 15 is 0 Å². The molecule has 10 heteroatoms. The second kappa shape index (κ2) is 8.62. The van der Waals surface area contributed by atoms with Gasteiger partial charge in [-0.2, -0.15) is 0 Å². The number of nitrogens with one attached hydrogen (secondary N) is 1. The molecule has 1 heterocycles. The monoisotopic (exact) mass is 444 g/mol. The number of benzene rings is 3. The summed E-state index contributed by atoms with van der Waals surface area (Å²) in [6.07, 6.45) is 0. The summed E-state index contributed by atoms with van der Waals surface area (Å²) in [5, 5.41) is 12.9. The molecule has 0 bridgehead atoms. The molecule has 0 saturated heterocycles. The Morgan fingerprint density at radius 1 is 1.00 bits per heavy atom. The zero-order valence-electron chi connectivity index (χ0n) is 15.9. The van der Waals surface area contributed by atoms with Crippen LogP contribution in [0.25, 0.3) is 0 Å². The minimum atomic E-state index is -2.57. The zero-order valence-corrected chi connectivity index (χ0v) is 16.8. The highest BCUT2D eigenvalue weighted by molar-refractivity contribution is 7.81. The average molecular weight is 444 g/mol. The molecule has 31 heavy (non-hydrogen) atoms. The topological polar surface area (TPSA) is 108 Å². The molecule has 0 aromatic heterocycles. The van der Waals surface area contributed by atoms with Gasteiger partial charge in [0.15, 0.2) is 11.5 Å². The Kier molecular flexibility index (Phi) is 5.74. The standard InChI is InChI=1S/C21H17FN2O6S/c22-14-2-5-16(6-3-14)24(31(27)28)17-12-15(4-7-18(17)25)23-21(26)13-1-8-19-20(11-13)30-10-9-29-19/h1-8,11-12,25H,9-10H2,(H,23,26)(H,27,28). The Balaban J connectivity index is 1.62. The maximum atomic E-state index is 13.2. The number of hydrogen-bond acceptors (Lipinski definition) is 5. The van der Waals surface area contributed by atoms with E-state index in [1.165, 1.54) is 30.3 Å². The third-order valence-corrected chi connectivity index (χ3v) is 5.19. The van der Waals surface area contributed by atoms with Crippen molar-refractivity contribution in [1.29, 1.82) is 0 Å². The predicted octanol–water partition coefficient (Wildman–Crippen LogP) is 3.83. The number of phenols is 1. The van der Waals surface area contributed by atoms with E-state index in [0.717, 1.165) is 16.4 Å². The van der Waals surface area contributed by atoms with Crippen LogP contribution in [-0.2, 0) is 11.3 Å². The number of halogens is 1. The van der Waals surface area contributed by atoms with E-state index in [1.54, 1.807) is 18.2 Å². The number of carbonyl (C=O) groups is 1. The van der Waals surface area contributed by atoms with E-state index in [0.29, 0.717) is 30.3 Å². The minimum Gasteiger partial charge on any atom is -0.506 e. The Morgan fingerprint density at radius 3 is 2.42 bits per heavy atom. The first-order chi connectivity index (χ1) is 14.9. The third-order valence-electron chi connectivity index (χ3n) is 4.47. The van der Waals surface area contributed by atoms with Gasteiger partial charge in [-0.25, -0.2) is 12.9 Å². The number of rotatable bonds is 5. The van der Waals surface area contributed by atoms with Crippen molar-refractivity contribution in [1.82, 2.24) is 0 Å². The number of hydrogen-bond donors (Lipinski definition) is 3. The molecule has 4 rings (SSSR count). The van der Waals surface area contributed by atoms with Crippen LogP contribution in [0.4, 0.5) is 21.5 Å². The maximum absolute atomic E-state index is 13.2. The molecular weight excluding hydrogens is 427 g/mol. The van der Waals surface area contributed by atoms with Gasteiger partial charge in [0.2, 0.25) is 0 Å². The van der Waals surface area contributed by atoms with Crippen molar-refractivity contribution >= 4 is 34.2 Å². The summed E-state index contributed by atoms with van der Waals surface area (Å²) in [6, 6.07) is 13.7. The quantitative estimate of drug-likeness (QED) is 0.408. The van der Waals surface area contributed by atoms with Gasteiger partial charge in [0.25, 0.3) is 17.2 Å². The van der Waals surface area contributed by atoms with Gasteiger partial charge in [0.1, 0.15) is 30.5 Å². The number of aromatic hydroxyl groups is 1. The SMILES string of the molecule is O=C(Nc1ccc(O)c(N(c2ccc(F)cc2)S(=O)O)c1)c1ccc2c(c1)OCCO2. The van der Waals surface area contributed by atoms with Gasteiger partial charge in [0.05, 0.1) is 5.69 Å². The van der Waals surface area contributed by atoms with Gasteiger partial charge in [-0.3, -0.25) is 9.35 Å². The summed E-state index contributed by atoms with van der Waals surface area (Å²) in [5.41, 5.74) is 0.713. The van der Waals surface area contributed by atoms with Crippen LogP contribution in [0.15, 0.2) is 60.7 Å². The fourth-order valence-corrected chi connectivity index (χ4v) is 3.66. The molecule has 3 aromatic carbocycles. The van der Waals surface area contributed by atoms with Crippen molar-refractivity contribution in [3.8, 4) is 17.2 Å². The molecule has 0 fully saturated rings. The summed E-state index contributed by atoms with van der Waals surface area (Å²) in [4.78, 5) is 12.7. The number of ether oxygens (including phenoxy) is 2. The molecule has 0 saturated carbocycles. The molecule has 1 amide bonds. The lowest BCUT2D eigenvalue weighted by molar-refractivity contribution is 0.102. The Bertz CT molecular complexity index is 1160. The zero-order chi connectivity index (χ0) is 22.0. The Morgan fingerprint density at radius 2 is 1.71 bits per heavy atom. The molecule has 1 aliphatic rings. The smallest absolute Gasteiger partial charge is 0.266 e. The number of anilines is 3. The fraction of sp³-hybridized carbons (Fsp3) is 0.0952. The van der Waals surface area contributed by atoms with E-state index in [4.69, 9.17) is 9.47 Å². The molecule has 1 unspecified atom stereocenters. The van der Waals surface area contributed by atoms with Crippen LogP contribution < -0.4 is 19.1 Å². The summed E-state index contributed by atoms with van der Waals surface area (Å²) in [5.74, 6) is -0.258. The molecule has 8 nitrogen and oxygen atoms in total. The van der Waals surface area contributed by atoms with Gasteiger partial charge < -0.3 is 19.9 Å². The Hall–Kier alpha value is -3.63. The average Bonchev–Trinajstić information content (AvgIpc) is 2.76. The summed E-state index contributed by atoms with van der Waals surface area (Å²) >= 11 is -2.57. The molecule has 3 aromatic rings. The van der Waals surface area contributed by atoms with Crippen molar-refractivity contribution < 1.29 is 32.5 Å². The molecular formula is C21H17FN2O6S.